The molecule has 0 unspecified atom stereocenters. The first-order valence-electron chi connectivity index (χ1n) is 6.84. The highest BCUT2D eigenvalue weighted by Crippen LogP contribution is 2.27. The van der Waals surface area contributed by atoms with Crippen molar-refractivity contribution in [3.05, 3.63) is 47.9 Å². The van der Waals surface area contributed by atoms with Crippen molar-refractivity contribution in [2.75, 3.05) is 13.1 Å². The molecular formula is C15H19N3O. The van der Waals surface area contributed by atoms with Crippen LogP contribution >= 0.6 is 0 Å². The van der Waals surface area contributed by atoms with Gasteiger partial charge in [0.2, 0.25) is 0 Å². The second kappa shape index (κ2) is 5.53. The summed E-state index contributed by atoms with van der Waals surface area (Å²) in [5.74, 6) is 1.46. The lowest BCUT2D eigenvalue weighted by Crippen LogP contribution is -2.32. The van der Waals surface area contributed by atoms with Gasteiger partial charge in [-0.2, -0.15) is 0 Å². The van der Waals surface area contributed by atoms with Crippen LogP contribution in [0, 0.1) is 6.92 Å². The number of aryl methyl sites for hydroxylation is 1. The van der Waals surface area contributed by atoms with Gasteiger partial charge < -0.3 is 4.42 Å². The van der Waals surface area contributed by atoms with E-state index in [0.717, 1.165) is 25.5 Å². The van der Waals surface area contributed by atoms with E-state index in [1.165, 1.54) is 24.1 Å². The van der Waals surface area contributed by atoms with Gasteiger partial charge in [0.05, 0.1) is 12.5 Å². The van der Waals surface area contributed by atoms with E-state index < -0.39 is 0 Å². The van der Waals surface area contributed by atoms with Crippen molar-refractivity contribution < 1.29 is 4.42 Å². The SMILES string of the molecule is Cc1nccc(C2CCN(Cc3ccoc3)CC2)n1. The van der Waals surface area contributed by atoms with Crippen LogP contribution in [0.2, 0.25) is 0 Å². The Morgan fingerprint density at radius 1 is 1.32 bits per heavy atom. The second-order valence-corrected chi connectivity index (χ2v) is 5.21. The van der Waals surface area contributed by atoms with Crippen molar-refractivity contribution in [3.8, 4) is 0 Å². The monoisotopic (exact) mass is 257 g/mol. The number of likely N-dealkylation sites (tertiary alicyclic amines) is 1. The number of rotatable bonds is 3. The van der Waals surface area contributed by atoms with Crippen LogP contribution in [-0.2, 0) is 6.54 Å². The molecule has 0 atom stereocenters. The smallest absolute Gasteiger partial charge is 0.125 e. The quantitative estimate of drug-likeness (QED) is 0.848. The van der Waals surface area contributed by atoms with Gasteiger partial charge in [-0.25, -0.2) is 9.97 Å². The molecule has 3 heterocycles. The van der Waals surface area contributed by atoms with Crippen molar-refractivity contribution in [2.45, 2.75) is 32.2 Å². The summed E-state index contributed by atoms with van der Waals surface area (Å²) in [6.45, 7) is 5.20. The van der Waals surface area contributed by atoms with E-state index in [2.05, 4.69) is 20.9 Å². The maximum absolute atomic E-state index is 5.12. The van der Waals surface area contributed by atoms with E-state index in [-0.39, 0.29) is 0 Å². The van der Waals surface area contributed by atoms with Gasteiger partial charge in [0.25, 0.3) is 0 Å². The minimum atomic E-state index is 0.585. The van der Waals surface area contributed by atoms with Gasteiger partial charge >= 0.3 is 0 Å². The number of nitrogens with zero attached hydrogens (tertiary/aromatic N) is 3. The summed E-state index contributed by atoms with van der Waals surface area (Å²) in [6.07, 6.45) is 7.80. The molecule has 0 N–H and O–H groups in total. The number of hydrogen-bond donors (Lipinski definition) is 0. The topological polar surface area (TPSA) is 42.2 Å². The minimum absolute atomic E-state index is 0.585. The molecule has 0 aromatic carbocycles. The van der Waals surface area contributed by atoms with Crippen LogP contribution < -0.4 is 0 Å². The highest BCUT2D eigenvalue weighted by molar-refractivity contribution is 5.10. The van der Waals surface area contributed by atoms with Gasteiger partial charge in [0.15, 0.2) is 0 Å². The van der Waals surface area contributed by atoms with Crippen LogP contribution in [-0.4, -0.2) is 28.0 Å². The Kier molecular flexibility index (Phi) is 3.60. The number of furan rings is 1. The Labute approximate surface area is 113 Å². The Morgan fingerprint density at radius 2 is 2.16 bits per heavy atom. The zero-order chi connectivity index (χ0) is 13.1. The zero-order valence-corrected chi connectivity index (χ0v) is 11.2. The van der Waals surface area contributed by atoms with Crippen LogP contribution in [0.1, 0.15) is 35.8 Å². The molecule has 0 bridgehead atoms. The Hall–Kier alpha value is -1.68. The summed E-state index contributed by atoms with van der Waals surface area (Å²) < 4.78 is 5.12. The maximum atomic E-state index is 5.12. The summed E-state index contributed by atoms with van der Waals surface area (Å²) >= 11 is 0. The van der Waals surface area contributed by atoms with Gasteiger partial charge in [-0.3, -0.25) is 4.90 Å². The lowest BCUT2D eigenvalue weighted by Gasteiger charge is -2.31. The molecule has 2 aromatic heterocycles. The van der Waals surface area contributed by atoms with E-state index in [4.69, 9.17) is 4.42 Å². The summed E-state index contributed by atoms with van der Waals surface area (Å²) in [5.41, 5.74) is 2.46. The fourth-order valence-corrected chi connectivity index (χ4v) is 2.73. The molecule has 0 radical (unpaired) electrons. The number of piperidine rings is 1. The third-order valence-electron chi connectivity index (χ3n) is 3.79. The molecule has 4 heteroatoms. The lowest BCUT2D eigenvalue weighted by atomic mass is 9.93. The summed E-state index contributed by atoms with van der Waals surface area (Å²) in [6, 6.07) is 4.10. The highest BCUT2D eigenvalue weighted by Gasteiger charge is 2.21. The van der Waals surface area contributed by atoms with E-state index >= 15 is 0 Å². The van der Waals surface area contributed by atoms with Crippen LogP contribution in [0.15, 0.2) is 35.3 Å². The van der Waals surface area contributed by atoms with E-state index in [1.54, 1.807) is 6.26 Å². The van der Waals surface area contributed by atoms with Crippen molar-refractivity contribution in [2.24, 2.45) is 0 Å². The first kappa shape index (κ1) is 12.4. The molecular weight excluding hydrogens is 238 g/mol. The van der Waals surface area contributed by atoms with E-state index in [0.29, 0.717) is 5.92 Å². The molecule has 100 valence electrons. The molecule has 0 saturated carbocycles. The first-order chi connectivity index (χ1) is 9.31. The number of aromatic nitrogens is 2. The molecule has 1 saturated heterocycles. The summed E-state index contributed by atoms with van der Waals surface area (Å²) in [7, 11) is 0. The molecule has 1 aliphatic rings. The predicted molar refractivity (Wildman–Crippen MR) is 72.7 cm³/mol. The van der Waals surface area contributed by atoms with Gasteiger partial charge in [-0.15, -0.1) is 0 Å². The highest BCUT2D eigenvalue weighted by atomic mass is 16.3. The average molecular weight is 257 g/mol. The summed E-state index contributed by atoms with van der Waals surface area (Å²) in [4.78, 5) is 11.2. The zero-order valence-electron chi connectivity index (χ0n) is 11.2. The maximum Gasteiger partial charge on any atom is 0.125 e. The largest absolute Gasteiger partial charge is 0.472 e. The lowest BCUT2D eigenvalue weighted by molar-refractivity contribution is 0.202. The minimum Gasteiger partial charge on any atom is -0.472 e. The van der Waals surface area contributed by atoms with Crippen LogP contribution in [0.25, 0.3) is 0 Å². The van der Waals surface area contributed by atoms with Crippen LogP contribution in [0.5, 0.6) is 0 Å². The van der Waals surface area contributed by atoms with Gasteiger partial charge in [-0.05, 0) is 45.0 Å². The van der Waals surface area contributed by atoms with Crippen molar-refractivity contribution in [1.29, 1.82) is 0 Å². The molecule has 1 fully saturated rings. The molecule has 0 aliphatic carbocycles. The Balaban J connectivity index is 1.57. The third-order valence-corrected chi connectivity index (χ3v) is 3.79. The van der Waals surface area contributed by atoms with Gasteiger partial charge in [-0.1, -0.05) is 0 Å². The van der Waals surface area contributed by atoms with Crippen molar-refractivity contribution in [3.63, 3.8) is 0 Å². The number of hydrogen-bond acceptors (Lipinski definition) is 4. The Morgan fingerprint density at radius 3 is 2.84 bits per heavy atom. The Bertz CT molecular complexity index is 516. The fourth-order valence-electron chi connectivity index (χ4n) is 2.73. The normalized spacial score (nSPS) is 17.7. The molecule has 19 heavy (non-hydrogen) atoms. The van der Waals surface area contributed by atoms with Crippen LogP contribution in [0.3, 0.4) is 0 Å². The molecule has 0 spiro atoms. The standard InChI is InChI=1S/C15H19N3O/c1-12-16-6-2-15(17-12)14-3-7-18(8-4-14)10-13-5-9-19-11-13/h2,5-6,9,11,14H,3-4,7-8,10H2,1H3. The fraction of sp³-hybridized carbons (Fsp3) is 0.467. The molecule has 3 rings (SSSR count). The second-order valence-electron chi connectivity index (χ2n) is 5.21. The van der Waals surface area contributed by atoms with Gasteiger partial charge in [0.1, 0.15) is 5.82 Å². The third kappa shape index (κ3) is 3.01. The molecule has 2 aromatic rings. The van der Waals surface area contributed by atoms with Crippen molar-refractivity contribution in [1.82, 2.24) is 14.9 Å². The van der Waals surface area contributed by atoms with E-state index in [9.17, 15) is 0 Å². The van der Waals surface area contributed by atoms with E-state index in [1.807, 2.05) is 25.5 Å². The first-order valence-corrected chi connectivity index (χ1v) is 6.84. The molecule has 1 aliphatic heterocycles. The molecule has 4 nitrogen and oxygen atoms in total. The average Bonchev–Trinajstić information content (AvgIpc) is 2.92. The summed E-state index contributed by atoms with van der Waals surface area (Å²) in [5, 5.41) is 0. The molecule has 0 amide bonds. The van der Waals surface area contributed by atoms with Crippen molar-refractivity contribution >= 4 is 0 Å². The van der Waals surface area contributed by atoms with Gasteiger partial charge in [0, 0.05) is 29.9 Å². The predicted octanol–water partition coefficient (Wildman–Crippen LogP) is 2.76. The van der Waals surface area contributed by atoms with Crippen LogP contribution in [0.4, 0.5) is 0 Å².